The fraction of sp³-hybridized carbons (Fsp3) is 0.500. The highest BCUT2D eigenvalue weighted by molar-refractivity contribution is 6.87. The maximum Gasteiger partial charge on any atom is 0.164 e. The molecule has 0 N–H and O–H groups in total. The molecule has 0 bridgehead atoms. The summed E-state index contributed by atoms with van der Waals surface area (Å²) < 4.78 is 6.98. The molecule has 0 aromatic carbocycles. The fourth-order valence-corrected chi connectivity index (χ4v) is 2.34. The van der Waals surface area contributed by atoms with Crippen LogP contribution in [-0.2, 0) is 11.5 Å². The summed E-state index contributed by atoms with van der Waals surface area (Å²) >= 11 is 0. The molecule has 6 heteroatoms. The highest BCUT2D eigenvalue weighted by Gasteiger charge is 2.21. The molecule has 2 heterocycles. The van der Waals surface area contributed by atoms with Crippen molar-refractivity contribution in [1.82, 2.24) is 19.5 Å². The van der Waals surface area contributed by atoms with E-state index in [-0.39, 0.29) is 0 Å². The van der Waals surface area contributed by atoms with Gasteiger partial charge in [-0.15, -0.1) is 0 Å². The minimum atomic E-state index is -1.47. The van der Waals surface area contributed by atoms with Gasteiger partial charge in [0.2, 0.25) is 0 Å². The molecule has 0 aliphatic rings. The Bertz CT molecular complexity index is 503. The first-order chi connectivity index (χ1) is 7.52. The number of methoxy groups -OCH3 is 1. The average Bonchev–Trinajstić information content (AvgIpc) is 2.60. The Kier molecular flexibility index (Phi) is 2.77. The smallest absolute Gasteiger partial charge is 0.164 e. The summed E-state index contributed by atoms with van der Waals surface area (Å²) in [7, 11) is 0.185. The monoisotopic (exact) mass is 236 g/mol. The SMILES string of the molecule is COCn1cnc2cnc([Si](C)(C)C)nc21. The minimum absolute atomic E-state index is 0.471. The van der Waals surface area contributed by atoms with E-state index in [1.165, 1.54) is 0 Å². The molecule has 0 amide bonds. The van der Waals surface area contributed by atoms with Crippen LogP contribution in [0, 0.1) is 0 Å². The fourth-order valence-electron chi connectivity index (χ4n) is 1.45. The molecule has 0 fully saturated rings. The second-order valence-corrected chi connectivity index (χ2v) is 9.73. The third-order valence-electron chi connectivity index (χ3n) is 2.30. The molecule has 16 heavy (non-hydrogen) atoms. The standard InChI is InChI=1S/C10H16N4OSi/c1-15-7-14-6-12-8-5-11-10(13-9(8)14)16(2,3)4/h5-6H,7H2,1-4H3. The van der Waals surface area contributed by atoms with Gasteiger partial charge in [-0.3, -0.25) is 4.57 Å². The van der Waals surface area contributed by atoms with Crippen molar-refractivity contribution >= 4 is 24.7 Å². The number of hydrogen-bond acceptors (Lipinski definition) is 4. The Hall–Kier alpha value is -1.27. The molecule has 5 nitrogen and oxygen atoms in total. The van der Waals surface area contributed by atoms with Gasteiger partial charge >= 0.3 is 0 Å². The van der Waals surface area contributed by atoms with Crippen LogP contribution in [0.2, 0.25) is 19.6 Å². The van der Waals surface area contributed by atoms with Gasteiger partial charge in [0, 0.05) is 7.11 Å². The van der Waals surface area contributed by atoms with E-state index >= 15 is 0 Å². The summed E-state index contributed by atoms with van der Waals surface area (Å²) in [6.45, 7) is 7.15. The first kappa shape index (κ1) is 11.2. The topological polar surface area (TPSA) is 52.8 Å². The summed E-state index contributed by atoms with van der Waals surface area (Å²) in [5.41, 5.74) is 2.63. The van der Waals surface area contributed by atoms with E-state index in [0.29, 0.717) is 6.73 Å². The number of rotatable bonds is 3. The van der Waals surface area contributed by atoms with Crippen molar-refractivity contribution < 1.29 is 4.74 Å². The lowest BCUT2D eigenvalue weighted by Crippen LogP contribution is -2.42. The molecule has 2 rings (SSSR count). The van der Waals surface area contributed by atoms with Crippen molar-refractivity contribution in [2.75, 3.05) is 7.11 Å². The second-order valence-electron chi connectivity index (χ2n) is 4.78. The Morgan fingerprint density at radius 1 is 1.31 bits per heavy atom. The molecule has 2 aromatic heterocycles. The van der Waals surface area contributed by atoms with Crippen molar-refractivity contribution in [1.29, 1.82) is 0 Å². The predicted octanol–water partition coefficient (Wildman–Crippen LogP) is 0.975. The normalized spacial score (nSPS) is 12.2. The van der Waals surface area contributed by atoms with Gasteiger partial charge in [-0.2, -0.15) is 0 Å². The molecule has 0 radical (unpaired) electrons. The molecule has 86 valence electrons. The third-order valence-corrected chi connectivity index (χ3v) is 3.88. The summed E-state index contributed by atoms with van der Waals surface area (Å²) in [4.78, 5) is 13.2. The molecule has 0 aliphatic carbocycles. The molecule has 0 atom stereocenters. The van der Waals surface area contributed by atoms with Crippen LogP contribution in [0.25, 0.3) is 11.2 Å². The summed E-state index contributed by atoms with van der Waals surface area (Å²) in [6.07, 6.45) is 3.53. The zero-order valence-electron chi connectivity index (χ0n) is 10.1. The van der Waals surface area contributed by atoms with Crippen LogP contribution in [0.1, 0.15) is 0 Å². The van der Waals surface area contributed by atoms with Gasteiger partial charge in [-0.05, 0) is 0 Å². The number of fused-ring (bicyclic) bond motifs is 1. The number of imidazole rings is 1. The van der Waals surface area contributed by atoms with E-state index in [1.807, 2.05) is 4.57 Å². The second kappa shape index (κ2) is 3.95. The molecule has 0 aliphatic heterocycles. The van der Waals surface area contributed by atoms with Crippen LogP contribution in [0.4, 0.5) is 0 Å². The molecular weight excluding hydrogens is 220 g/mol. The van der Waals surface area contributed by atoms with Crippen molar-refractivity contribution in [3.8, 4) is 0 Å². The third kappa shape index (κ3) is 1.98. The quantitative estimate of drug-likeness (QED) is 0.745. The van der Waals surface area contributed by atoms with Gasteiger partial charge in [0.1, 0.15) is 25.8 Å². The zero-order chi connectivity index (χ0) is 11.8. The van der Waals surface area contributed by atoms with E-state index in [0.717, 1.165) is 16.6 Å². The number of ether oxygens (including phenoxy) is 1. The molecular formula is C10H16N4OSi. The van der Waals surface area contributed by atoms with Crippen molar-refractivity contribution in [3.63, 3.8) is 0 Å². The van der Waals surface area contributed by atoms with Crippen molar-refractivity contribution in [3.05, 3.63) is 12.5 Å². The summed E-state index contributed by atoms with van der Waals surface area (Å²) in [5, 5.41) is 0. The van der Waals surface area contributed by atoms with Gasteiger partial charge in [0.05, 0.1) is 12.5 Å². The summed E-state index contributed by atoms with van der Waals surface area (Å²) in [5.74, 6) is 0. The number of nitrogens with zero attached hydrogens (tertiary/aromatic N) is 4. The first-order valence-corrected chi connectivity index (χ1v) is 8.69. The van der Waals surface area contributed by atoms with Crippen molar-refractivity contribution in [2.24, 2.45) is 0 Å². The molecule has 2 aromatic rings. The Morgan fingerprint density at radius 3 is 2.69 bits per heavy atom. The van der Waals surface area contributed by atoms with Crippen LogP contribution in [0.5, 0.6) is 0 Å². The Morgan fingerprint density at radius 2 is 2.06 bits per heavy atom. The van der Waals surface area contributed by atoms with Crippen LogP contribution >= 0.6 is 0 Å². The van der Waals surface area contributed by atoms with E-state index in [4.69, 9.17) is 4.74 Å². The molecule has 0 unspecified atom stereocenters. The lowest BCUT2D eigenvalue weighted by Gasteiger charge is -2.13. The van der Waals surface area contributed by atoms with Crippen LogP contribution in [0.15, 0.2) is 12.5 Å². The van der Waals surface area contributed by atoms with Gasteiger partial charge < -0.3 is 4.74 Å². The number of aromatic nitrogens is 4. The van der Waals surface area contributed by atoms with Gasteiger partial charge in [0.15, 0.2) is 5.65 Å². The lowest BCUT2D eigenvalue weighted by molar-refractivity contribution is 0.134. The highest BCUT2D eigenvalue weighted by atomic mass is 28.3. The predicted molar refractivity (Wildman–Crippen MR) is 65.3 cm³/mol. The van der Waals surface area contributed by atoms with Crippen LogP contribution < -0.4 is 5.45 Å². The first-order valence-electron chi connectivity index (χ1n) is 5.19. The van der Waals surface area contributed by atoms with Crippen LogP contribution in [-0.4, -0.2) is 34.7 Å². The van der Waals surface area contributed by atoms with E-state index in [2.05, 4.69) is 34.6 Å². The Balaban J connectivity index is 2.54. The molecule has 0 spiro atoms. The number of hydrogen-bond donors (Lipinski definition) is 0. The van der Waals surface area contributed by atoms with Crippen LogP contribution in [0.3, 0.4) is 0 Å². The molecule has 0 saturated carbocycles. The Labute approximate surface area is 95.5 Å². The van der Waals surface area contributed by atoms with Gasteiger partial charge in [0.25, 0.3) is 0 Å². The largest absolute Gasteiger partial charge is 0.364 e. The van der Waals surface area contributed by atoms with E-state index in [1.54, 1.807) is 19.6 Å². The van der Waals surface area contributed by atoms with E-state index < -0.39 is 8.07 Å². The maximum absolute atomic E-state index is 5.09. The van der Waals surface area contributed by atoms with Gasteiger partial charge in [-0.25, -0.2) is 15.0 Å². The summed E-state index contributed by atoms with van der Waals surface area (Å²) in [6, 6.07) is 0. The van der Waals surface area contributed by atoms with Gasteiger partial charge in [-0.1, -0.05) is 19.6 Å². The van der Waals surface area contributed by atoms with Crippen molar-refractivity contribution in [2.45, 2.75) is 26.4 Å². The average molecular weight is 236 g/mol. The lowest BCUT2D eigenvalue weighted by atomic mass is 10.6. The highest BCUT2D eigenvalue weighted by Crippen LogP contribution is 2.08. The molecule has 0 saturated heterocycles. The zero-order valence-corrected chi connectivity index (χ0v) is 11.1. The maximum atomic E-state index is 5.09. The van der Waals surface area contributed by atoms with E-state index in [9.17, 15) is 0 Å². The minimum Gasteiger partial charge on any atom is -0.364 e.